The number of carbonyl (C=O) groups excluding carboxylic acids is 3. The van der Waals surface area contributed by atoms with E-state index in [1.807, 2.05) is 36.4 Å². The molecule has 40 heavy (non-hydrogen) atoms. The van der Waals surface area contributed by atoms with E-state index in [4.69, 9.17) is 13.9 Å². The summed E-state index contributed by atoms with van der Waals surface area (Å²) in [5, 5.41) is 5.52. The fourth-order valence-corrected chi connectivity index (χ4v) is 4.53. The maximum atomic E-state index is 13.4. The highest BCUT2D eigenvalue weighted by atomic mass is 16.6. The maximum Gasteiger partial charge on any atom is 0.289 e. The smallest absolute Gasteiger partial charge is 0.289 e. The van der Waals surface area contributed by atoms with E-state index in [9.17, 15) is 19.2 Å². The third-order valence-electron chi connectivity index (χ3n) is 6.66. The normalized spacial score (nSPS) is 12.9. The van der Waals surface area contributed by atoms with Crippen molar-refractivity contribution in [2.45, 2.75) is 25.8 Å². The first-order valence-electron chi connectivity index (χ1n) is 13.0. The van der Waals surface area contributed by atoms with E-state index >= 15 is 0 Å². The second-order valence-electron chi connectivity index (χ2n) is 9.45. The van der Waals surface area contributed by atoms with Gasteiger partial charge in [0, 0.05) is 24.6 Å². The van der Waals surface area contributed by atoms with Gasteiger partial charge in [0.05, 0.1) is 5.39 Å². The first-order chi connectivity index (χ1) is 19.4. The van der Waals surface area contributed by atoms with Gasteiger partial charge in [0.25, 0.3) is 11.8 Å². The van der Waals surface area contributed by atoms with Crippen molar-refractivity contribution in [3.8, 4) is 11.5 Å². The van der Waals surface area contributed by atoms with Gasteiger partial charge in [-0.2, -0.15) is 0 Å². The molecule has 0 radical (unpaired) electrons. The van der Waals surface area contributed by atoms with E-state index in [1.54, 1.807) is 24.3 Å². The van der Waals surface area contributed by atoms with Gasteiger partial charge in [-0.25, -0.2) is 0 Å². The molecule has 9 heteroatoms. The Bertz CT molecular complexity index is 1610. The number of nitrogens with one attached hydrogen (secondary N) is 2. The van der Waals surface area contributed by atoms with E-state index in [0.29, 0.717) is 31.1 Å². The highest BCUT2D eigenvalue weighted by Gasteiger charge is 2.29. The number of hydrogen-bond acceptors (Lipinski definition) is 7. The van der Waals surface area contributed by atoms with Crippen LogP contribution in [0.2, 0.25) is 0 Å². The quantitative estimate of drug-likeness (QED) is 0.313. The molecule has 2 amide bonds. The number of benzene rings is 3. The van der Waals surface area contributed by atoms with Crippen LogP contribution in [0.15, 0.2) is 82.0 Å². The standard InChI is InChI=1S/C31H28N2O7/c1-19-27(34)22-17-25-26(39-15-14-38-25)18-24(22)40-29(19)31(37)33-23(16-21-10-6-3-7-11-21)28(35)30(36)32-13-12-20-8-4-2-5-9-20/h2-11,17-18,23H,12-16H2,1H3,(H,32,36)(H,33,37)/t23-/m0/s1. The van der Waals surface area contributed by atoms with Crippen LogP contribution >= 0.6 is 0 Å². The Balaban J connectivity index is 1.37. The molecule has 0 saturated carbocycles. The molecule has 1 aliphatic heterocycles. The molecule has 2 heterocycles. The second-order valence-corrected chi connectivity index (χ2v) is 9.45. The molecule has 9 nitrogen and oxygen atoms in total. The van der Waals surface area contributed by atoms with Crippen LogP contribution in [0.3, 0.4) is 0 Å². The highest BCUT2D eigenvalue weighted by Crippen LogP contribution is 2.34. The maximum absolute atomic E-state index is 13.4. The summed E-state index contributed by atoms with van der Waals surface area (Å²) in [7, 11) is 0. The van der Waals surface area contributed by atoms with Gasteiger partial charge in [0.2, 0.25) is 5.78 Å². The molecule has 0 fully saturated rings. The summed E-state index contributed by atoms with van der Waals surface area (Å²) in [6, 6.07) is 20.4. The van der Waals surface area contributed by atoms with Gasteiger partial charge < -0.3 is 24.5 Å². The fraction of sp³-hybridized carbons (Fsp3) is 0.226. The van der Waals surface area contributed by atoms with Crippen molar-refractivity contribution in [1.29, 1.82) is 0 Å². The van der Waals surface area contributed by atoms with E-state index in [2.05, 4.69) is 10.6 Å². The molecule has 1 aromatic heterocycles. The Labute approximate surface area is 230 Å². The molecule has 4 aromatic rings. The topological polar surface area (TPSA) is 124 Å². The summed E-state index contributed by atoms with van der Waals surface area (Å²) in [6.07, 6.45) is 0.628. The molecule has 0 bridgehead atoms. The van der Waals surface area contributed by atoms with Crippen LogP contribution in [0.1, 0.15) is 27.2 Å². The van der Waals surface area contributed by atoms with Crippen molar-refractivity contribution in [3.63, 3.8) is 0 Å². The Morgan fingerprint density at radius 1 is 0.875 bits per heavy atom. The van der Waals surface area contributed by atoms with Crippen LogP contribution in [-0.2, 0) is 22.4 Å². The number of fused-ring (bicyclic) bond motifs is 2. The number of ether oxygens (including phenoxy) is 2. The lowest BCUT2D eigenvalue weighted by atomic mass is 10.0. The average Bonchev–Trinajstić information content (AvgIpc) is 2.98. The molecule has 0 spiro atoms. The predicted octanol–water partition coefficient (Wildman–Crippen LogP) is 3.14. The van der Waals surface area contributed by atoms with Gasteiger partial charge in [-0.1, -0.05) is 60.7 Å². The largest absolute Gasteiger partial charge is 0.486 e. The van der Waals surface area contributed by atoms with E-state index < -0.39 is 29.1 Å². The molecule has 0 unspecified atom stereocenters. The van der Waals surface area contributed by atoms with Crippen LogP contribution in [0.5, 0.6) is 11.5 Å². The number of carbonyl (C=O) groups is 3. The van der Waals surface area contributed by atoms with Crippen molar-refractivity contribution in [3.05, 3.63) is 105 Å². The molecule has 0 saturated heterocycles. The first-order valence-corrected chi connectivity index (χ1v) is 13.0. The Hall–Kier alpha value is -4.92. The predicted molar refractivity (Wildman–Crippen MR) is 148 cm³/mol. The van der Waals surface area contributed by atoms with E-state index in [0.717, 1.165) is 11.1 Å². The number of rotatable bonds is 9. The van der Waals surface area contributed by atoms with E-state index in [1.165, 1.54) is 19.1 Å². The summed E-state index contributed by atoms with van der Waals surface area (Å²) in [4.78, 5) is 52.6. The Kier molecular flexibility index (Phi) is 7.91. The molecule has 5 rings (SSSR count). The molecule has 1 atom stereocenters. The van der Waals surface area contributed by atoms with Crippen LogP contribution in [0, 0.1) is 6.92 Å². The first kappa shape index (κ1) is 26.7. The monoisotopic (exact) mass is 540 g/mol. The minimum absolute atomic E-state index is 0.0694. The lowest BCUT2D eigenvalue weighted by Crippen LogP contribution is -2.49. The van der Waals surface area contributed by atoms with Crippen molar-refractivity contribution >= 4 is 28.6 Å². The lowest BCUT2D eigenvalue weighted by Gasteiger charge is -2.19. The minimum atomic E-state index is -1.19. The van der Waals surface area contributed by atoms with E-state index in [-0.39, 0.29) is 35.3 Å². The second kappa shape index (κ2) is 11.9. The Morgan fingerprint density at radius 2 is 1.50 bits per heavy atom. The number of ketones is 1. The molecule has 204 valence electrons. The van der Waals surface area contributed by atoms with Crippen molar-refractivity contribution in [1.82, 2.24) is 10.6 Å². The van der Waals surface area contributed by atoms with Gasteiger partial charge in [0.15, 0.2) is 22.7 Å². The van der Waals surface area contributed by atoms with Crippen molar-refractivity contribution < 1.29 is 28.3 Å². The van der Waals surface area contributed by atoms with Gasteiger partial charge in [0.1, 0.15) is 24.8 Å². The van der Waals surface area contributed by atoms with Crippen molar-refractivity contribution in [2.24, 2.45) is 0 Å². The van der Waals surface area contributed by atoms with Crippen LogP contribution in [-0.4, -0.2) is 43.4 Å². The highest BCUT2D eigenvalue weighted by molar-refractivity contribution is 6.38. The van der Waals surface area contributed by atoms with Gasteiger partial charge in [-0.05, 0) is 30.5 Å². The third-order valence-corrected chi connectivity index (χ3v) is 6.66. The van der Waals surface area contributed by atoms with Crippen LogP contribution in [0.4, 0.5) is 0 Å². The molecule has 1 aliphatic rings. The summed E-state index contributed by atoms with van der Waals surface area (Å²) in [5.41, 5.74) is 1.57. The number of hydrogen-bond donors (Lipinski definition) is 2. The Morgan fingerprint density at radius 3 is 2.17 bits per heavy atom. The van der Waals surface area contributed by atoms with Crippen LogP contribution < -0.4 is 25.5 Å². The summed E-state index contributed by atoms with van der Waals surface area (Å²) in [6.45, 7) is 2.44. The minimum Gasteiger partial charge on any atom is -0.486 e. The lowest BCUT2D eigenvalue weighted by molar-refractivity contribution is -0.138. The SMILES string of the molecule is Cc1c(C(=O)N[C@@H](Cc2ccccc2)C(=O)C(=O)NCCc2ccccc2)oc2cc3c(cc2c1=O)OCCO3. The number of amides is 2. The van der Waals surface area contributed by atoms with Crippen LogP contribution in [0.25, 0.3) is 11.0 Å². The zero-order valence-electron chi connectivity index (χ0n) is 21.9. The zero-order valence-corrected chi connectivity index (χ0v) is 21.9. The summed E-state index contributed by atoms with van der Waals surface area (Å²) >= 11 is 0. The van der Waals surface area contributed by atoms with Gasteiger partial charge >= 0.3 is 0 Å². The molecular weight excluding hydrogens is 512 g/mol. The molecule has 2 N–H and O–H groups in total. The molecular formula is C31H28N2O7. The molecule has 0 aliphatic carbocycles. The fourth-order valence-electron chi connectivity index (χ4n) is 4.53. The van der Waals surface area contributed by atoms with Crippen molar-refractivity contribution in [2.75, 3.05) is 19.8 Å². The number of Topliss-reactive ketones (excluding diaryl/α,β-unsaturated/α-hetero) is 1. The third kappa shape index (κ3) is 5.88. The summed E-state index contributed by atoms with van der Waals surface area (Å²) < 4.78 is 17.0. The zero-order chi connectivity index (χ0) is 28.1. The van der Waals surface area contributed by atoms with Gasteiger partial charge in [-0.15, -0.1) is 0 Å². The average molecular weight is 541 g/mol. The summed E-state index contributed by atoms with van der Waals surface area (Å²) in [5.74, 6) is -1.80. The molecule has 3 aromatic carbocycles. The van der Waals surface area contributed by atoms with Gasteiger partial charge in [-0.3, -0.25) is 19.2 Å².